The van der Waals surface area contributed by atoms with Crippen molar-refractivity contribution in [3.63, 3.8) is 0 Å². The molecule has 0 aliphatic heterocycles. The fourth-order valence-electron chi connectivity index (χ4n) is 4.46. The molecule has 1 fully saturated rings. The summed E-state index contributed by atoms with van der Waals surface area (Å²) >= 11 is 0. The summed E-state index contributed by atoms with van der Waals surface area (Å²) in [5.41, 5.74) is 1.53. The van der Waals surface area contributed by atoms with Crippen LogP contribution in [-0.4, -0.2) is 35.0 Å². The Labute approximate surface area is 231 Å². The van der Waals surface area contributed by atoms with Crippen molar-refractivity contribution in [1.82, 2.24) is 0 Å². The van der Waals surface area contributed by atoms with Gasteiger partial charge in [0.25, 0.3) is 0 Å². The highest BCUT2D eigenvalue weighted by Gasteiger charge is 2.43. The largest absolute Gasteiger partial charge is 0.414 e. The van der Waals surface area contributed by atoms with Gasteiger partial charge in [-0.25, -0.2) is 0 Å². The summed E-state index contributed by atoms with van der Waals surface area (Å²) in [5.74, 6) is 0. The zero-order valence-electron chi connectivity index (χ0n) is 25.1. The fraction of sp³-hybridized carbons (Fsp3) is 0.562. The molecule has 204 valence electrons. The molecule has 0 N–H and O–H groups in total. The van der Waals surface area contributed by atoms with E-state index >= 15 is 0 Å². The van der Waals surface area contributed by atoms with E-state index in [1.165, 1.54) is 16.2 Å². The molecular weight excluding hydrogens is 503 g/mol. The summed E-state index contributed by atoms with van der Waals surface area (Å²) in [6.07, 6.45) is 7.20. The molecule has 2 nitrogen and oxygen atoms in total. The first-order chi connectivity index (χ1) is 17.1. The number of allylic oxidation sites excluding steroid dienone is 1. The molecule has 0 radical (unpaired) electrons. The zero-order chi connectivity index (χ0) is 27.5. The summed E-state index contributed by atoms with van der Waals surface area (Å²) in [6, 6.07) is 22.1. The third-order valence-corrected chi connectivity index (χ3v) is 20.2. The van der Waals surface area contributed by atoms with E-state index < -0.39 is 24.6 Å². The van der Waals surface area contributed by atoms with Gasteiger partial charge in [0, 0.05) is 0 Å². The highest BCUT2D eigenvalue weighted by Crippen LogP contribution is 2.43. The van der Waals surface area contributed by atoms with Crippen LogP contribution in [0.25, 0.3) is 0 Å². The number of benzene rings is 2. The molecule has 2 aromatic carbocycles. The van der Waals surface area contributed by atoms with E-state index in [1.807, 2.05) is 0 Å². The number of rotatable bonds is 8. The van der Waals surface area contributed by atoms with E-state index in [9.17, 15) is 0 Å². The average Bonchev–Trinajstić information content (AvgIpc) is 2.78. The molecular formula is C32H51O2PSi2. The first-order valence-corrected chi connectivity index (χ1v) is 21.3. The maximum Gasteiger partial charge on any atom is 0.192 e. The molecule has 0 aromatic heterocycles. The average molecular weight is 555 g/mol. The minimum Gasteiger partial charge on any atom is -0.414 e. The Balaban J connectivity index is 1.89. The Kier molecular flexibility index (Phi) is 9.90. The van der Waals surface area contributed by atoms with E-state index in [1.54, 1.807) is 0 Å². The van der Waals surface area contributed by atoms with Crippen molar-refractivity contribution < 1.29 is 8.85 Å². The normalized spacial score (nSPS) is 19.8. The molecule has 1 aliphatic rings. The third-order valence-electron chi connectivity index (χ3n) is 8.74. The second kappa shape index (κ2) is 12.0. The lowest BCUT2D eigenvalue weighted by atomic mass is 9.90. The van der Waals surface area contributed by atoms with E-state index in [2.05, 4.69) is 134 Å². The third kappa shape index (κ3) is 8.23. The molecule has 0 unspecified atom stereocenters. The van der Waals surface area contributed by atoms with Crippen molar-refractivity contribution in [2.45, 2.75) is 109 Å². The highest BCUT2D eigenvalue weighted by molar-refractivity contribution is 7.73. The van der Waals surface area contributed by atoms with Gasteiger partial charge in [0.1, 0.15) is 0 Å². The fourth-order valence-corrected chi connectivity index (χ4v) is 9.41. The topological polar surface area (TPSA) is 18.5 Å². The molecule has 37 heavy (non-hydrogen) atoms. The lowest BCUT2D eigenvalue weighted by Crippen LogP contribution is -2.48. The van der Waals surface area contributed by atoms with Crippen molar-refractivity contribution in [2.24, 2.45) is 0 Å². The van der Waals surface area contributed by atoms with Crippen molar-refractivity contribution in [3.8, 4) is 0 Å². The molecule has 0 bridgehead atoms. The molecule has 0 amide bonds. The van der Waals surface area contributed by atoms with Crippen LogP contribution in [0.3, 0.4) is 0 Å². The molecule has 0 heterocycles. The van der Waals surface area contributed by atoms with E-state index in [4.69, 9.17) is 8.85 Å². The quantitative estimate of drug-likeness (QED) is 0.184. The van der Waals surface area contributed by atoms with Gasteiger partial charge >= 0.3 is 0 Å². The van der Waals surface area contributed by atoms with Crippen molar-refractivity contribution in [2.75, 3.05) is 6.16 Å². The Morgan fingerprint density at radius 1 is 0.703 bits per heavy atom. The monoisotopic (exact) mass is 554 g/mol. The summed E-state index contributed by atoms with van der Waals surface area (Å²) < 4.78 is 14.0. The minimum absolute atomic E-state index is 0.207. The summed E-state index contributed by atoms with van der Waals surface area (Å²) in [4.78, 5) is 0. The van der Waals surface area contributed by atoms with Crippen LogP contribution in [0.1, 0.15) is 60.8 Å². The second-order valence-electron chi connectivity index (χ2n) is 13.8. The van der Waals surface area contributed by atoms with Crippen LogP contribution in [-0.2, 0) is 8.85 Å². The van der Waals surface area contributed by atoms with Gasteiger partial charge in [-0.15, -0.1) is 0 Å². The second-order valence-corrected chi connectivity index (χ2v) is 25.6. The molecule has 2 atom stereocenters. The molecule has 0 saturated heterocycles. The Morgan fingerprint density at radius 2 is 1.08 bits per heavy atom. The number of hydrogen-bond acceptors (Lipinski definition) is 2. The molecule has 2 aromatic rings. The lowest BCUT2D eigenvalue weighted by molar-refractivity contribution is 0.0725. The van der Waals surface area contributed by atoms with Crippen LogP contribution in [0.5, 0.6) is 0 Å². The van der Waals surface area contributed by atoms with E-state index in [-0.39, 0.29) is 22.3 Å². The van der Waals surface area contributed by atoms with Gasteiger partial charge in [0.2, 0.25) is 0 Å². The van der Waals surface area contributed by atoms with Crippen LogP contribution in [0, 0.1) is 0 Å². The predicted molar refractivity (Wildman–Crippen MR) is 170 cm³/mol. The van der Waals surface area contributed by atoms with Crippen molar-refractivity contribution >= 4 is 35.2 Å². The zero-order valence-corrected chi connectivity index (χ0v) is 28.0. The molecule has 5 heteroatoms. The van der Waals surface area contributed by atoms with Crippen LogP contribution < -0.4 is 10.6 Å². The highest BCUT2D eigenvalue weighted by atomic mass is 31.1. The van der Waals surface area contributed by atoms with Gasteiger partial charge in [0.05, 0.1) is 12.2 Å². The van der Waals surface area contributed by atoms with Gasteiger partial charge in [-0.1, -0.05) is 114 Å². The standard InChI is InChI=1S/C32H51O2PSi2/c1-31(2,3)36(7,8)33-27-23-26(24-28(25-27)34-37(9,10)32(4,5)6)21-22-35(29-17-13-11-14-18-29)30-19-15-12-16-20-30/h11-21,27-28H,22-25H2,1-10H3/t27-,28-/m1/s1. The summed E-state index contributed by atoms with van der Waals surface area (Å²) in [7, 11) is -4.16. The van der Waals surface area contributed by atoms with Crippen molar-refractivity contribution in [3.05, 3.63) is 72.3 Å². The smallest absolute Gasteiger partial charge is 0.192 e. The Bertz CT molecular complexity index is 943. The van der Waals surface area contributed by atoms with Gasteiger partial charge in [0.15, 0.2) is 16.6 Å². The van der Waals surface area contributed by atoms with Gasteiger partial charge in [-0.05, 0) is 80.2 Å². The van der Waals surface area contributed by atoms with Crippen molar-refractivity contribution in [1.29, 1.82) is 0 Å². The Morgan fingerprint density at radius 3 is 1.43 bits per heavy atom. The minimum atomic E-state index is -1.86. The van der Waals surface area contributed by atoms with Crippen LogP contribution in [0.15, 0.2) is 72.3 Å². The maximum absolute atomic E-state index is 7.02. The van der Waals surface area contributed by atoms with E-state index in [0.29, 0.717) is 0 Å². The maximum atomic E-state index is 7.02. The first kappa shape index (κ1) is 30.5. The molecule has 3 rings (SSSR count). The molecule has 1 saturated carbocycles. The van der Waals surface area contributed by atoms with Gasteiger partial charge in [-0.3, -0.25) is 0 Å². The summed E-state index contributed by atoms with van der Waals surface area (Å²) in [5, 5.41) is 3.30. The predicted octanol–water partition coefficient (Wildman–Crippen LogP) is 9.01. The van der Waals surface area contributed by atoms with Gasteiger partial charge in [-0.2, -0.15) is 0 Å². The number of hydrogen-bond donors (Lipinski definition) is 0. The molecule has 0 spiro atoms. The Hall–Kier alpha value is -1.04. The van der Waals surface area contributed by atoms with Crippen LogP contribution in [0.2, 0.25) is 36.3 Å². The first-order valence-electron chi connectivity index (χ1n) is 14.0. The van der Waals surface area contributed by atoms with Gasteiger partial charge < -0.3 is 8.85 Å². The SMILES string of the molecule is CC(C)(C)[Si](C)(C)O[C@@H]1CC(=CCP(c2ccccc2)c2ccccc2)C[C@@H](O[Si](C)(C)C(C)(C)C)C1. The van der Waals surface area contributed by atoms with Crippen LogP contribution in [0.4, 0.5) is 0 Å². The molecule has 1 aliphatic carbocycles. The van der Waals surface area contributed by atoms with E-state index in [0.717, 1.165) is 25.4 Å². The lowest BCUT2D eigenvalue weighted by Gasteiger charge is -2.45. The van der Waals surface area contributed by atoms with Crippen LogP contribution >= 0.6 is 7.92 Å². The summed E-state index contributed by atoms with van der Waals surface area (Å²) in [6.45, 7) is 23.6.